The largest absolute Gasteiger partial charge is 0.495 e. The molecule has 2 rings (SSSR count). The van der Waals surface area contributed by atoms with Gasteiger partial charge in [0.05, 0.1) is 7.11 Å². The molecule has 0 spiro atoms. The molecule has 0 aliphatic heterocycles. The lowest BCUT2D eigenvalue weighted by molar-refractivity contribution is 0.402. The second kappa shape index (κ2) is 4.41. The average molecular weight is 267 g/mol. The maximum atomic E-state index is 12.3. The third kappa shape index (κ3) is 1.97. The number of hydrogen-bond donors (Lipinski definition) is 0. The number of benzene rings is 1. The molecule has 7 heteroatoms. The molecule has 0 amide bonds. The number of hydrogen-bond acceptors (Lipinski definition) is 5. The maximum Gasteiger partial charge on any atom is 0.273 e. The monoisotopic (exact) mass is 267 g/mol. The molecule has 1 aromatic carbocycles. The van der Waals surface area contributed by atoms with Gasteiger partial charge < -0.3 is 4.74 Å². The topological polar surface area (TPSA) is 74.1 Å². The third-order valence-corrected chi connectivity index (χ3v) is 4.35. The van der Waals surface area contributed by atoms with E-state index in [-0.39, 0.29) is 4.90 Å². The quantitative estimate of drug-likeness (QED) is 0.833. The highest BCUT2D eigenvalue weighted by atomic mass is 32.2. The molecule has 2 aromatic rings. The molecular formula is C11H13N3O3S. The van der Waals surface area contributed by atoms with E-state index >= 15 is 0 Å². The summed E-state index contributed by atoms with van der Waals surface area (Å²) in [4.78, 5) is 0.105. The molecule has 0 fully saturated rings. The number of methoxy groups -OCH3 is 1. The maximum absolute atomic E-state index is 12.3. The van der Waals surface area contributed by atoms with Crippen LogP contribution in [0.1, 0.15) is 11.1 Å². The third-order valence-electron chi connectivity index (χ3n) is 2.73. The predicted molar refractivity (Wildman–Crippen MR) is 65.1 cm³/mol. The van der Waals surface area contributed by atoms with E-state index in [1.807, 2.05) is 13.8 Å². The number of nitrogens with zero attached hydrogens (tertiary/aromatic N) is 3. The van der Waals surface area contributed by atoms with E-state index in [2.05, 4.69) is 10.2 Å². The molecule has 0 saturated heterocycles. The molecule has 6 nitrogen and oxygen atoms in total. The van der Waals surface area contributed by atoms with Crippen molar-refractivity contribution >= 4 is 10.0 Å². The summed E-state index contributed by atoms with van der Waals surface area (Å²) in [6.45, 7) is 3.74. The summed E-state index contributed by atoms with van der Waals surface area (Å²) < 4.78 is 30.8. The fraction of sp³-hybridized carbons (Fsp3) is 0.273. The van der Waals surface area contributed by atoms with E-state index in [4.69, 9.17) is 4.74 Å². The standard InChI is InChI=1S/C11H13N3O3S/c1-8-4-10(17-3)11(5-9(8)2)18(15,16)14-6-12-13-7-14/h4-7H,1-3H3. The van der Waals surface area contributed by atoms with Gasteiger partial charge in [-0.3, -0.25) is 0 Å². The van der Waals surface area contributed by atoms with Crippen LogP contribution in [0.2, 0.25) is 0 Å². The summed E-state index contributed by atoms with van der Waals surface area (Å²) in [6, 6.07) is 3.29. The second-order valence-corrected chi connectivity index (χ2v) is 5.70. The molecule has 18 heavy (non-hydrogen) atoms. The van der Waals surface area contributed by atoms with Crippen molar-refractivity contribution in [1.82, 2.24) is 14.2 Å². The van der Waals surface area contributed by atoms with Gasteiger partial charge in [-0.1, -0.05) is 0 Å². The van der Waals surface area contributed by atoms with Crippen molar-refractivity contribution in [3.05, 3.63) is 35.9 Å². The first-order chi connectivity index (χ1) is 8.46. The van der Waals surface area contributed by atoms with Crippen molar-refractivity contribution < 1.29 is 13.2 Å². The molecular weight excluding hydrogens is 254 g/mol. The van der Waals surface area contributed by atoms with Gasteiger partial charge in [0, 0.05) is 0 Å². The van der Waals surface area contributed by atoms with E-state index < -0.39 is 10.0 Å². The highest BCUT2D eigenvalue weighted by molar-refractivity contribution is 7.90. The first-order valence-electron chi connectivity index (χ1n) is 5.22. The summed E-state index contributed by atoms with van der Waals surface area (Å²) >= 11 is 0. The zero-order valence-electron chi connectivity index (χ0n) is 10.3. The lowest BCUT2D eigenvalue weighted by Crippen LogP contribution is -2.13. The average Bonchev–Trinajstić information content (AvgIpc) is 2.86. The second-order valence-electron chi connectivity index (χ2n) is 3.88. The summed E-state index contributed by atoms with van der Waals surface area (Å²) in [6.07, 6.45) is 2.29. The van der Waals surface area contributed by atoms with Crippen LogP contribution < -0.4 is 4.74 Å². The summed E-state index contributed by atoms with van der Waals surface area (Å²) in [5.74, 6) is 0.312. The summed E-state index contributed by atoms with van der Waals surface area (Å²) in [5, 5.41) is 7.00. The van der Waals surface area contributed by atoms with Crippen LogP contribution in [0, 0.1) is 13.8 Å². The van der Waals surface area contributed by atoms with Crippen LogP contribution in [0.15, 0.2) is 29.7 Å². The van der Waals surface area contributed by atoms with E-state index in [1.165, 1.54) is 7.11 Å². The molecule has 1 aromatic heterocycles. The molecule has 0 radical (unpaired) electrons. The van der Waals surface area contributed by atoms with Gasteiger partial charge in [0.1, 0.15) is 23.3 Å². The lowest BCUT2D eigenvalue weighted by atomic mass is 10.1. The minimum Gasteiger partial charge on any atom is -0.495 e. The Bertz CT molecular complexity index is 663. The Labute approximate surface area is 105 Å². The zero-order valence-corrected chi connectivity index (χ0v) is 11.1. The Kier molecular flexibility index (Phi) is 3.08. The fourth-order valence-electron chi connectivity index (χ4n) is 1.55. The zero-order chi connectivity index (χ0) is 13.3. The Morgan fingerprint density at radius 1 is 1.11 bits per heavy atom. The number of rotatable bonds is 3. The van der Waals surface area contributed by atoms with Crippen LogP contribution in [0.4, 0.5) is 0 Å². The molecule has 0 unspecified atom stereocenters. The van der Waals surface area contributed by atoms with Crippen LogP contribution in [0.25, 0.3) is 0 Å². The van der Waals surface area contributed by atoms with E-state index in [0.717, 1.165) is 27.8 Å². The molecule has 0 bridgehead atoms. The van der Waals surface area contributed by atoms with Crippen molar-refractivity contribution in [2.45, 2.75) is 18.7 Å². The van der Waals surface area contributed by atoms with Crippen LogP contribution in [0.5, 0.6) is 5.75 Å². The summed E-state index contributed by atoms with van der Waals surface area (Å²) in [5.41, 5.74) is 1.84. The van der Waals surface area contributed by atoms with Gasteiger partial charge in [-0.2, -0.15) is 0 Å². The Balaban J connectivity index is 2.68. The fourth-order valence-corrected chi connectivity index (χ4v) is 2.84. The van der Waals surface area contributed by atoms with Crippen LogP contribution in [-0.2, 0) is 10.0 Å². The van der Waals surface area contributed by atoms with E-state index in [1.54, 1.807) is 12.1 Å². The Hall–Kier alpha value is -1.89. The molecule has 0 aliphatic rings. The molecule has 96 valence electrons. The van der Waals surface area contributed by atoms with Gasteiger partial charge in [0.25, 0.3) is 10.0 Å². The van der Waals surface area contributed by atoms with Crippen molar-refractivity contribution in [2.75, 3.05) is 7.11 Å². The Morgan fingerprint density at radius 2 is 1.67 bits per heavy atom. The van der Waals surface area contributed by atoms with E-state index in [9.17, 15) is 8.42 Å². The van der Waals surface area contributed by atoms with Crippen LogP contribution in [0.3, 0.4) is 0 Å². The van der Waals surface area contributed by atoms with Gasteiger partial charge >= 0.3 is 0 Å². The molecule has 0 aliphatic carbocycles. The molecule has 1 heterocycles. The molecule has 0 atom stereocenters. The number of aryl methyl sites for hydroxylation is 2. The van der Waals surface area contributed by atoms with Gasteiger partial charge in [0.15, 0.2) is 0 Å². The smallest absolute Gasteiger partial charge is 0.273 e. The highest BCUT2D eigenvalue weighted by Crippen LogP contribution is 2.28. The first-order valence-corrected chi connectivity index (χ1v) is 6.66. The normalized spacial score (nSPS) is 11.5. The number of aromatic nitrogens is 3. The molecule has 0 saturated carbocycles. The first kappa shape index (κ1) is 12.6. The Morgan fingerprint density at radius 3 is 2.22 bits per heavy atom. The minimum atomic E-state index is -3.71. The van der Waals surface area contributed by atoms with Crippen LogP contribution >= 0.6 is 0 Å². The van der Waals surface area contributed by atoms with Gasteiger partial charge in [-0.05, 0) is 37.1 Å². The van der Waals surface area contributed by atoms with Gasteiger partial charge in [-0.15, -0.1) is 10.2 Å². The minimum absolute atomic E-state index is 0.105. The number of ether oxygens (including phenoxy) is 1. The van der Waals surface area contributed by atoms with Gasteiger partial charge in [0.2, 0.25) is 0 Å². The van der Waals surface area contributed by atoms with Crippen molar-refractivity contribution in [3.8, 4) is 5.75 Å². The predicted octanol–water partition coefficient (Wildman–Crippen LogP) is 1.14. The van der Waals surface area contributed by atoms with Gasteiger partial charge in [-0.25, -0.2) is 12.4 Å². The SMILES string of the molecule is COc1cc(C)c(C)cc1S(=O)(=O)n1cnnc1. The van der Waals surface area contributed by atoms with Crippen molar-refractivity contribution in [1.29, 1.82) is 0 Å². The van der Waals surface area contributed by atoms with Crippen molar-refractivity contribution in [3.63, 3.8) is 0 Å². The summed E-state index contributed by atoms with van der Waals surface area (Å²) in [7, 11) is -2.27. The van der Waals surface area contributed by atoms with Crippen molar-refractivity contribution in [2.24, 2.45) is 0 Å². The van der Waals surface area contributed by atoms with Crippen LogP contribution in [-0.4, -0.2) is 29.7 Å². The molecule has 0 N–H and O–H groups in total. The lowest BCUT2D eigenvalue weighted by Gasteiger charge is -2.12. The van der Waals surface area contributed by atoms with E-state index in [0.29, 0.717) is 5.75 Å². The highest BCUT2D eigenvalue weighted by Gasteiger charge is 2.22.